The van der Waals surface area contributed by atoms with Gasteiger partial charge in [-0.15, -0.1) is 0 Å². The molecule has 2 amide bonds. The van der Waals surface area contributed by atoms with E-state index in [2.05, 4.69) is 46.4 Å². The van der Waals surface area contributed by atoms with Gasteiger partial charge < -0.3 is 9.47 Å². The Hall–Kier alpha value is -4.01. The highest BCUT2D eigenvalue weighted by Crippen LogP contribution is 2.36. The maximum Gasteiger partial charge on any atom is 0.270 e. The lowest BCUT2D eigenvalue weighted by atomic mass is 10.1. The van der Waals surface area contributed by atoms with E-state index in [-0.39, 0.29) is 10.7 Å². The van der Waals surface area contributed by atoms with E-state index >= 15 is 0 Å². The first-order valence-electron chi connectivity index (χ1n) is 12.4. The number of halogens is 1. The number of methoxy groups -OCH3 is 1. The van der Waals surface area contributed by atoms with Crippen LogP contribution in [0, 0.1) is 0 Å². The number of nitrogens with zero attached hydrogens (tertiary/aromatic N) is 1. The van der Waals surface area contributed by atoms with Crippen molar-refractivity contribution >= 4 is 67.6 Å². The molecule has 0 atom stereocenters. The van der Waals surface area contributed by atoms with Crippen LogP contribution in [0.4, 0.5) is 5.69 Å². The maximum absolute atomic E-state index is 13.4. The van der Waals surface area contributed by atoms with E-state index in [1.165, 1.54) is 11.0 Å². The van der Waals surface area contributed by atoms with Gasteiger partial charge in [-0.1, -0.05) is 77.5 Å². The summed E-state index contributed by atoms with van der Waals surface area (Å²) < 4.78 is 12.4. The summed E-state index contributed by atoms with van der Waals surface area (Å²) in [5.41, 5.74) is 3.30. The zero-order valence-electron chi connectivity index (χ0n) is 21.4. The molecule has 1 N–H and O–H groups in total. The van der Waals surface area contributed by atoms with E-state index in [4.69, 9.17) is 21.7 Å². The number of hydrogen-bond acceptors (Lipinski definition) is 5. The van der Waals surface area contributed by atoms with Gasteiger partial charge in [-0.05, 0) is 76.4 Å². The van der Waals surface area contributed by atoms with Crippen molar-refractivity contribution in [3.63, 3.8) is 0 Å². The number of carbonyl (C=O) groups excluding carboxylic acids is 2. The molecule has 4 aromatic rings. The van der Waals surface area contributed by atoms with E-state index in [1.54, 1.807) is 19.2 Å². The summed E-state index contributed by atoms with van der Waals surface area (Å²) in [6.45, 7) is 2.40. The van der Waals surface area contributed by atoms with Crippen molar-refractivity contribution in [2.75, 3.05) is 12.0 Å². The summed E-state index contributed by atoms with van der Waals surface area (Å²) in [5.74, 6) is -0.0714. The summed E-state index contributed by atoms with van der Waals surface area (Å²) in [6, 6.07) is 25.2. The third kappa shape index (κ3) is 5.44. The fourth-order valence-corrected chi connectivity index (χ4v) is 5.15. The summed E-state index contributed by atoms with van der Waals surface area (Å²) in [5, 5.41) is 4.93. The van der Waals surface area contributed by atoms with Gasteiger partial charge in [-0.25, -0.2) is 0 Å². The van der Waals surface area contributed by atoms with Crippen LogP contribution in [0.3, 0.4) is 0 Å². The molecule has 5 rings (SSSR count). The van der Waals surface area contributed by atoms with Crippen molar-refractivity contribution in [3.8, 4) is 11.5 Å². The second kappa shape index (κ2) is 11.4. The molecule has 0 radical (unpaired) electrons. The van der Waals surface area contributed by atoms with Crippen molar-refractivity contribution in [1.29, 1.82) is 0 Å². The number of nitrogens with one attached hydrogen (secondary N) is 1. The predicted octanol–water partition coefficient (Wildman–Crippen LogP) is 6.58. The first-order chi connectivity index (χ1) is 18.9. The molecule has 1 heterocycles. The molecule has 1 saturated heterocycles. The Balaban J connectivity index is 1.43. The normalized spacial score (nSPS) is 14.6. The van der Waals surface area contributed by atoms with Gasteiger partial charge in [-0.3, -0.25) is 19.8 Å². The maximum atomic E-state index is 13.4. The van der Waals surface area contributed by atoms with Gasteiger partial charge in [0.2, 0.25) is 0 Å². The Bertz CT molecular complexity index is 1630. The fraction of sp³-hybridized carbons (Fsp3) is 0.129. The molecule has 0 aliphatic carbocycles. The van der Waals surface area contributed by atoms with Crippen LogP contribution < -0.4 is 19.7 Å². The lowest BCUT2D eigenvalue weighted by Crippen LogP contribution is -2.54. The summed E-state index contributed by atoms with van der Waals surface area (Å²) in [7, 11) is 1.55. The first-order valence-corrected chi connectivity index (χ1v) is 13.6. The SMILES string of the molecule is CCc1ccc(N2C(=O)/C(=C/c3cc(OC)c(OCc4cccc5ccccc45)cc3Br)C(=O)NC2=S)cc1. The van der Waals surface area contributed by atoms with Gasteiger partial charge >= 0.3 is 0 Å². The zero-order chi connectivity index (χ0) is 27.5. The van der Waals surface area contributed by atoms with Crippen molar-refractivity contribution in [2.45, 2.75) is 20.0 Å². The molecule has 8 heteroatoms. The Morgan fingerprint density at radius 3 is 2.46 bits per heavy atom. The van der Waals surface area contributed by atoms with Crippen LogP contribution in [0.1, 0.15) is 23.6 Å². The highest BCUT2D eigenvalue weighted by Gasteiger charge is 2.34. The lowest BCUT2D eigenvalue weighted by molar-refractivity contribution is -0.122. The van der Waals surface area contributed by atoms with Crippen LogP contribution in [0.2, 0.25) is 0 Å². The fourth-order valence-electron chi connectivity index (χ4n) is 4.44. The molecule has 0 bridgehead atoms. The van der Waals surface area contributed by atoms with Crippen LogP contribution in [0.15, 0.2) is 88.9 Å². The molecule has 1 fully saturated rings. The number of thiocarbonyl (C=S) groups is 1. The number of hydrogen-bond donors (Lipinski definition) is 1. The Morgan fingerprint density at radius 2 is 1.72 bits per heavy atom. The quantitative estimate of drug-likeness (QED) is 0.147. The highest BCUT2D eigenvalue weighted by atomic mass is 79.9. The molecule has 0 unspecified atom stereocenters. The molecule has 0 saturated carbocycles. The van der Waals surface area contributed by atoms with Gasteiger partial charge in [0, 0.05) is 4.47 Å². The third-order valence-corrected chi connectivity index (χ3v) is 7.52. The summed E-state index contributed by atoms with van der Waals surface area (Å²) in [6.07, 6.45) is 2.39. The number of aryl methyl sites for hydroxylation is 1. The minimum Gasteiger partial charge on any atom is -0.493 e. The Labute approximate surface area is 240 Å². The van der Waals surface area contributed by atoms with Crippen molar-refractivity contribution in [3.05, 3.63) is 106 Å². The van der Waals surface area contributed by atoms with E-state index in [9.17, 15) is 9.59 Å². The molecule has 0 spiro atoms. The Morgan fingerprint density at radius 1 is 0.974 bits per heavy atom. The predicted molar refractivity (Wildman–Crippen MR) is 161 cm³/mol. The second-order valence-corrected chi connectivity index (χ2v) is 10.2. The topological polar surface area (TPSA) is 67.9 Å². The monoisotopic (exact) mass is 600 g/mol. The van der Waals surface area contributed by atoms with Gasteiger partial charge in [0.15, 0.2) is 16.6 Å². The molecular weight excluding hydrogens is 576 g/mol. The number of amides is 2. The van der Waals surface area contributed by atoms with Gasteiger partial charge in [0.05, 0.1) is 12.8 Å². The summed E-state index contributed by atoms with van der Waals surface area (Å²) >= 11 is 8.89. The smallest absolute Gasteiger partial charge is 0.270 e. The van der Waals surface area contributed by atoms with Crippen LogP contribution >= 0.6 is 28.1 Å². The molecule has 4 aromatic carbocycles. The molecule has 6 nitrogen and oxygen atoms in total. The largest absolute Gasteiger partial charge is 0.493 e. The number of benzene rings is 4. The van der Waals surface area contributed by atoms with Crippen LogP contribution in [0.25, 0.3) is 16.8 Å². The van der Waals surface area contributed by atoms with E-state index in [1.807, 2.05) is 48.5 Å². The average molecular weight is 602 g/mol. The zero-order valence-corrected chi connectivity index (χ0v) is 23.8. The molecule has 39 heavy (non-hydrogen) atoms. The lowest BCUT2D eigenvalue weighted by Gasteiger charge is -2.29. The minimum absolute atomic E-state index is 0.0419. The number of ether oxygens (including phenoxy) is 2. The number of carbonyl (C=O) groups is 2. The minimum atomic E-state index is -0.562. The first kappa shape index (κ1) is 26.6. The average Bonchev–Trinajstić information content (AvgIpc) is 2.95. The second-order valence-electron chi connectivity index (χ2n) is 8.93. The molecule has 196 valence electrons. The van der Waals surface area contributed by atoms with Crippen LogP contribution in [-0.4, -0.2) is 24.0 Å². The molecule has 1 aliphatic rings. The van der Waals surface area contributed by atoms with Gasteiger partial charge in [0.1, 0.15) is 12.2 Å². The summed E-state index contributed by atoms with van der Waals surface area (Å²) in [4.78, 5) is 27.6. The number of anilines is 1. The molecule has 0 aromatic heterocycles. The Kier molecular flexibility index (Phi) is 7.77. The number of fused-ring (bicyclic) bond motifs is 1. The van der Waals surface area contributed by atoms with E-state index < -0.39 is 11.8 Å². The van der Waals surface area contributed by atoms with Crippen molar-refractivity contribution in [1.82, 2.24) is 5.32 Å². The van der Waals surface area contributed by atoms with Gasteiger partial charge in [-0.2, -0.15) is 0 Å². The van der Waals surface area contributed by atoms with Crippen LogP contribution in [-0.2, 0) is 22.6 Å². The van der Waals surface area contributed by atoms with Crippen molar-refractivity contribution < 1.29 is 19.1 Å². The van der Waals surface area contributed by atoms with E-state index in [0.29, 0.717) is 33.8 Å². The highest BCUT2D eigenvalue weighted by molar-refractivity contribution is 9.10. The van der Waals surface area contributed by atoms with Gasteiger partial charge in [0.25, 0.3) is 11.8 Å². The van der Waals surface area contributed by atoms with Crippen LogP contribution in [0.5, 0.6) is 11.5 Å². The third-order valence-electron chi connectivity index (χ3n) is 6.55. The number of rotatable bonds is 7. The standard InChI is InChI=1S/C31H25BrN2O4S/c1-3-19-11-13-23(14-12-19)34-30(36)25(29(35)33-31(34)39)15-22-16-27(37-2)28(17-26(22)32)38-18-21-9-6-8-20-7-4-5-10-24(20)21/h4-17H,3,18H2,1-2H3,(H,33,35,39)/b25-15+. The van der Waals surface area contributed by atoms with Crippen molar-refractivity contribution in [2.24, 2.45) is 0 Å². The molecule has 1 aliphatic heterocycles. The molecular formula is C31H25BrN2O4S. The van der Waals surface area contributed by atoms with E-state index in [0.717, 1.165) is 28.3 Å².